The second-order valence-electron chi connectivity index (χ2n) is 7.25. The van der Waals surface area contributed by atoms with Crippen LogP contribution in [0.3, 0.4) is 0 Å². The van der Waals surface area contributed by atoms with Gasteiger partial charge in [0.2, 0.25) is 0 Å². The second kappa shape index (κ2) is 6.83. The molecule has 0 aromatic carbocycles. The third-order valence-electron chi connectivity index (χ3n) is 5.72. The number of aryl methyl sites for hydroxylation is 1. The third-order valence-corrected chi connectivity index (χ3v) is 5.72. The lowest BCUT2D eigenvalue weighted by Crippen LogP contribution is -2.27. The van der Waals surface area contributed by atoms with Gasteiger partial charge in [-0.3, -0.25) is 9.78 Å². The average molecular weight is 332 g/mol. The zero-order valence-corrected chi connectivity index (χ0v) is 14.6. The smallest absolute Gasteiger partial charge is 0.255 e. The number of pyridine rings is 1. The minimum Gasteiger partial charge on any atom is -0.320 e. The van der Waals surface area contributed by atoms with Gasteiger partial charge >= 0.3 is 0 Å². The Hall–Kier alpha value is -2.42. The van der Waals surface area contributed by atoms with Gasteiger partial charge in [0.15, 0.2) is 0 Å². The molecule has 3 nitrogen and oxygen atoms in total. The molecule has 0 aliphatic heterocycles. The predicted molar refractivity (Wildman–Crippen MR) is 101 cm³/mol. The molecule has 0 saturated heterocycles. The van der Waals surface area contributed by atoms with E-state index in [0.717, 1.165) is 23.4 Å². The number of aromatic nitrogens is 1. The minimum atomic E-state index is -0.0364. The summed E-state index contributed by atoms with van der Waals surface area (Å²) in [5.74, 6) is 2.13. The molecule has 0 radical (unpaired) electrons. The summed E-state index contributed by atoms with van der Waals surface area (Å²) < 4.78 is 0. The van der Waals surface area contributed by atoms with Gasteiger partial charge in [-0.15, -0.1) is 0 Å². The van der Waals surface area contributed by atoms with E-state index in [1.165, 1.54) is 12.8 Å². The van der Waals surface area contributed by atoms with Gasteiger partial charge < -0.3 is 5.32 Å². The Morgan fingerprint density at radius 3 is 2.80 bits per heavy atom. The van der Waals surface area contributed by atoms with E-state index in [0.29, 0.717) is 23.7 Å². The molecule has 3 heteroatoms. The average Bonchev–Trinajstić information content (AvgIpc) is 2.82. The molecule has 1 fully saturated rings. The van der Waals surface area contributed by atoms with Crippen LogP contribution in [0.4, 0.5) is 5.69 Å². The number of carbonyl (C=O) groups excluding carboxylic acids is 1. The number of nitrogens with one attached hydrogen (secondary N) is 1. The van der Waals surface area contributed by atoms with Crippen molar-refractivity contribution in [1.82, 2.24) is 4.98 Å². The highest BCUT2D eigenvalue weighted by Crippen LogP contribution is 2.43. The lowest BCUT2D eigenvalue weighted by Gasteiger charge is -2.32. The molecule has 1 heterocycles. The molecule has 1 saturated carbocycles. The van der Waals surface area contributed by atoms with Crippen LogP contribution in [0.25, 0.3) is 0 Å². The summed E-state index contributed by atoms with van der Waals surface area (Å²) in [6, 6.07) is 3.74. The molecule has 0 bridgehead atoms. The molecule has 1 aromatic rings. The van der Waals surface area contributed by atoms with Gasteiger partial charge in [-0.2, -0.15) is 0 Å². The van der Waals surface area contributed by atoms with E-state index in [1.54, 1.807) is 6.20 Å². The highest BCUT2D eigenvalue weighted by atomic mass is 16.1. The van der Waals surface area contributed by atoms with E-state index in [4.69, 9.17) is 0 Å². The van der Waals surface area contributed by atoms with E-state index in [9.17, 15) is 4.79 Å². The third kappa shape index (κ3) is 3.23. The predicted octanol–water partition coefficient (Wildman–Crippen LogP) is 4.60. The molecule has 25 heavy (non-hydrogen) atoms. The highest BCUT2D eigenvalue weighted by molar-refractivity contribution is 6.06. The number of amides is 1. The first-order valence-corrected chi connectivity index (χ1v) is 9.20. The van der Waals surface area contributed by atoms with Crippen LogP contribution < -0.4 is 5.32 Å². The van der Waals surface area contributed by atoms with Gasteiger partial charge in [-0.1, -0.05) is 49.0 Å². The van der Waals surface area contributed by atoms with Crippen molar-refractivity contribution in [2.75, 3.05) is 5.32 Å². The Labute approximate surface area is 149 Å². The van der Waals surface area contributed by atoms with Crippen molar-refractivity contribution in [3.8, 4) is 0 Å². The Balaban J connectivity index is 1.53. The van der Waals surface area contributed by atoms with Gasteiger partial charge in [0.1, 0.15) is 0 Å². The number of hydrogen-bond acceptors (Lipinski definition) is 2. The van der Waals surface area contributed by atoms with Gasteiger partial charge in [0.05, 0.1) is 11.4 Å². The highest BCUT2D eigenvalue weighted by Gasteiger charge is 2.35. The summed E-state index contributed by atoms with van der Waals surface area (Å²) in [7, 11) is 0. The summed E-state index contributed by atoms with van der Waals surface area (Å²) in [5.41, 5.74) is 2.40. The number of allylic oxidation sites excluding steroid dienone is 6. The van der Waals surface area contributed by atoms with Crippen LogP contribution in [0.1, 0.15) is 25.0 Å². The Bertz CT molecular complexity index is 787. The standard InChI is InChI=1S/C22H24N2O/c1-15-21(10-5-13-23-15)24-22(25)18-11-12-20-17(14-18)8-4-7-16-6-2-3-9-19(16)20/h2-3,5-6,9-14,16-17,19-20H,4,7-8H2,1H3,(H,24,25). The van der Waals surface area contributed by atoms with Crippen molar-refractivity contribution >= 4 is 11.6 Å². The van der Waals surface area contributed by atoms with Crippen LogP contribution >= 0.6 is 0 Å². The molecule has 1 amide bonds. The van der Waals surface area contributed by atoms with Crippen molar-refractivity contribution in [2.24, 2.45) is 23.7 Å². The number of carbonyl (C=O) groups is 1. The molecule has 3 aliphatic rings. The van der Waals surface area contributed by atoms with Gasteiger partial charge in [-0.05, 0) is 55.6 Å². The number of hydrogen-bond donors (Lipinski definition) is 1. The minimum absolute atomic E-state index is 0.0364. The lowest BCUT2D eigenvalue weighted by molar-refractivity contribution is -0.112. The molecule has 0 spiro atoms. The number of rotatable bonds is 2. The van der Waals surface area contributed by atoms with Crippen LogP contribution in [-0.2, 0) is 4.79 Å². The van der Waals surface area contributed by atoms with Crippen LogP contribution in [0.15, 0.2) is 66.4 Å². The van der Waals surface area contributed by atoms with Crippen molar-refractivity contribution < 1.29 is 4.79 Å². The summed E-state index contributed by atoms with van der Waals surface area (Å²) in [6.07, 6.45) is 20.9. The van der Waals surface area contributed by atoms with Crippen molar-refractivity contribution in [2.45, 2.75) is 26.2 Å². The maximum absolute atomic E-state index is 12.7. The first-order valence-electron chi connectivity index (χ1n) is 9.20. The van der Waals surface area contributed by atoms with Crippen molar-refractivity contribution in [3.63, 3.8) is 0 Å². The van der Waals surface area contributed by atoms with Crippen molar-refractivity contribution in [1.29, 1.82) is 0 Å². The molecule has 4 unspecified atom stereocenters. The number of nitrogens with zero attached hydrogens (tertiary/aromatic N) is 1. The first kappa shape index (κ1) is 16.1. The number of fused-ring (bicyclic) bond motifs is 3. The molecule has 3 aliphatic carbocycles. The monoisotopic (exact) mass is 332 g/mol. The fraction of sp³-hybridized carbons (Fsp3) is 0.364. The molecule has 1 N–H and O–H groups in total. The molecule has 4 atom stereocenters. The van der Waals surface area contributed by atoms with Crippen LogP contribution in [0.5, 0.6) is 0 Å². The Morgan fingerprint density at radius 2 is 1.92 bits per heavy atom. The summed E-state index contributed by atoms with van der Waals surface area (Å²) in [5, 5.41) is 3.00. The summed E-state index contributed by atoms with van der Waals surface area (Å²) in [4.78, 5) is 16.9. The van der Waals surface area contributed by atoms with Crippen LogP contribution in [0.2, 0.25) is 0 Å². The molecular weight excluding hydrogens is 308 g/mol. The van der Waals surface area contributed by atoms with E-state index < -0.39 is 0 Å². The van der Waals surface area contributed by atoms with E-state index in [2.05, 4.69) is 46.8 Å². The molecular formula is C22H24N2O. The van der Waals surface area contributed by atoms with E-state index >= 15 is 0 Å². The fourth-order valence-corrected chi connectivity index (χ4v) is 4.37. The summed E-state index contributed by atoms with van der Waals surface area (Å²) in [6.45, 7) is 1.91. The van der Waals surface area contributed by atoms with Crippen molar-refractivity contribution in [3.05, 3.63) is 72.1 Å². The maximum atomic E-state index is 12.7. The quantitative estimate of drug-likeness (QED) is 0.860. The Morgan fingerprint density at radius 1 is 1.12 bits per heavy atom. The van der Waals surface area contributed by atoms with Gasteiger partial charge in [0, 0.05) is 11.8 Å². The largest absolute Gasteiger partial charge is 0.320 e. The zero-order chi connectivity index (χ0) is 17.2. The lowest BCUT2D eigenvalue weighted by atomic mass is 9.72. The molecule has 4 rings (SSSR count). The fourth-order valence-electron chi connectivity index (χ4n) is 4.37. The van der Waals surface area contributed by atoms with Gasteiger partial charge in [-0.25, -0.2) is 0 Å². The maximum Gasteiger partial charge on any atom is 0.255 e. The Kier molecular flexibility index (Phi) is 4.39. The SMILES string of the molecule is Cc1ncccc1NC(=O)C1=CC2CCCC3C=CC=CC3C2C=C1. The zero-order valence-electron chi connectivity index (χ0n) is 14.6. The van der Waals surface area contributed by atoms with Crippen LogP contribution in [0, 0.1) is 30.6 Å². The first-order chi connectivity index (χ1) is 12.2. The normalized spacial score (nSPS) is 30.0. The molecule has 1 aromatic heterocycles. The van der Waals surface area contributed by atoms with E-state index in [-0.39, 0.29) is 5.91 Å². The number of anilines is 1. The molecule has 128 valence electrons. The van der Waals surface area contributed by atoms with Crippen LogP contribution in [-0.4, -0.2) is 10.9 Å². The van der Waals surface area contributed by atoms with Gasteiger partial charge in [0.25, 0.3) is 5.91 Å². The topological polar surface area (TPSA) is 42.0 Å². The summed E-state index contributed by atoms with van der Waals surface area (Å²) >= 11 is 0. The second-order valence-corrected chi connectivity index (χ2v) is 7.25. The van der Waals surface area contributed by atoms with E-state index in [1.807, 2.05) is 25.1 Å².